The molecule has 8 nitrogen and oxygen atoms in total. The van der Waals surface area contributed by atoms with Gasteiger partial charge in [0, 0.05) is 29.6 Å². The maximum atomic E-state index is 13.5. The van der Waals surface area contributed by atoms with E-state index in [2.05, 4.69) is 40.7 Å². The number of allylic oxidation sites excluding steroid dienone is 5. The molecule has 1 aliphatic heterocycles. The van der Waals surface area contributed by atoms with Gasteiger partial charge in [0.2, 0.25) is 5.91 Å². The quantitative estimate of drug-likeness (QED) is 0.185. The molecule has 4 atom stereocenters. The van der Waals surface area contributed by atoms with Crippen LogP contribution < -0.4 is 10.1 Å². The number of benzene rings is 3. The highest BCUT2D eigenvalue weighted by Crippen LogP contribution is 2.32. The van der Waals surface area contributed by atoms with E-state index >= 15 is 0 Å². The van der Waals surface area contributed by atoms with E-state index in [1.54, 1.807) is 12.0 Å². The van der Waals surface area contributed by atoms with Crippen LogP contribution in [0.5, 0.6) is 5.75 Å². The van der Waals surface area contributed by atoms with Crippen molar-refractivity contribution in [2.75, 3.05) is 13.2 Å². The van der Waals surface area contributed by atoms with Gasteiger partial charge in [-0.25, -0.2) is 0 Å². The van der Waals surface area contributed by atoms with Gasteiger partial charge in [-0.2, -0.15) is 5.06 Å². The number of ether oxygens (including phenoxy) is 1. The maximum Gasteiger partial charge on any atom is 0.240 e. The molecular formula is C37H39N3O5. The van der Waals surface area contributed by atoms with E-state index < -0.39 is 24.2 Å². The summed E-state index contributed by atoms with van der Waals surface area (Å²) in [6, 6.07) is 25.2. The summed E-state index contributed by atoms with van der Waals surface area (Å²) in [4.78, 5) is 22.9. The molecule has 0 saturated carbocycles. The summed E-state index contributed by atoms with van der Waals surface area (Å²) in [6.45, 7) is 2.11. The number of amides is 1. The average molecular weight is 606 g/mol. The number of fused-ring (bicyclic) bond motifs is 1. The van der Waals surface area contributed by atoms with E-state index in [1.807, 2.05) is 79.0 Å². The van der Waals surface area contributed by atoms with Gasteiger partial charge in [-0.1, -0.05) is 72.8 Å². The first-order valence-corrected chi connectivity index (χ1v) is 15.4. The second kappa shape index (κ2) is 14.1. The third-order valence-corrected chi connectivity index (χ3v) is 8.43. The molecule has 0 spiro atoms. The third kappa shape index (κ3) is 7.10. The van der Waals surface area contributed by atoms with E-state index in [0.29, 0.717) is 19.5 Å². The van der Waals surface area contributed by atoms with E-state index in [0.717, 1.165) is 51.1 Å². The number of aliphatic hydroxyl groups is 2. The normalized spacial score (nSPS) is 20.8. The molecule has 4 aromatic rings. The van der Waals surface area contributed by atoms with Gasteiger partial charge < -0.3 is 25.3 Å². The van der Waals surface area contributed by atoms with Crippen LogP contribution in [0, 0.1) is 5.92 Å². The van der Waals surface area contributed by atoms with Crippen molar-refractivity contribution in [1.82, 2.24) is 15.4 Å². The first kappa shape index (κ1) is 30.6. The van der Waals surface area contributed by atoms with Crippen LogP contribution in [0.3, 0.4) is 0 Å². The predicted molar refractivity (Wildman–Crippen MR) is 175 cm³/mol. The zero-order valence-corrected chi connectivity index (χ0v) is 25.3. The zero-order valence-electron chi connectivity index (χ0n) is 25.3. The van der Waals surface area contributed by atoms with E-state index in [-0.39, 0.29) is 12.5 Å². The number of aromatic nitrogens is 1. The van der Waals surface area contributed by atoms with Crippen molar-refractivity contribution in [2.24, 2.45) is 5.92 Å². The Bertz CT molecular complexity index is 1690. The van der Waals surface area contributed by atoms with E-state index in [1.165, 1.54) is 0 Å². The van der Waals surface area contributed by atoms with Gasteiger partial charge in [0.05, 0.1) is 19.3 Å². The number of nitrogens with one attached hydrogen (secondary N) is 2. The van der Waals surface area contributed by atoms with Crippen LogP contribution in [0.2, 0.25) is 0 Å². The highest BCUT2D eigenvalue weighted by atomic mass is 16.7. The second-order valence-corrected chi connectivity index (χ2v) is 11.6. The van der Waals surface area contributed by atoms with Crippen LogP contribution in [0.4, 0.5) is 0 Å². The lowest BCUT2D eigenvalue weighted by Gasteiger charge is -2.24. The molecule has 3 aromatic carbocycles. The Morgan fingerprint density at radius 2 is 1.84 bits per heavy atom. The van der Waals surface area contributed by atoms with Gasteiger partial charge in [-0.05, 0) is 72.4 Å². The molecule has 45 heavy (non-hydrogen) atoms. The molecule has 1 saturated heterocycles. The summed E-state index contributed by atoms with van der Waals surface area (Å²) in [5.41, 5.74) is 5.38. The fourth-order valence-electron chi connectivity index (χ4n) is 6.09. The average Bonchev–Trinajstić information content (AvgIpc) is 3.56. The van der Waals surface area contributed by atoms with Crippen molar-refractivity contribution in [3.63, 3.8) is 0 Å². The topological polar surface area (TPSA) is 107 Å². The molecule has 8 heteroatoms. The number of carbonyl (C=O) groups is 1. The second-order valence-electron chi connectivity index (χ2n) is 11.6. The van der Waals surface area contributed by atoms with Crippen LogP contribution in [0.15, 0.2) is 115 Å². The number of rotatable bonds is 11. The van der Waals surface area contributed by atoms with Crippen molar-refractivity contribution < 1.29 is 24.6 Å². The summed E-state index contributed by atoms with van der Waals surface area (Å²) in [5.74, 6) is 0.765. The standard InChI is InChI=1S/C37H39N3O5/c1-25(42)36-33(24-41)35(37(43)38-21-20-29-22-39-34-13-6-5-12-32(29)34)40(45-36)23-26-14-16-28(17-15-26)27-8-7-11-31(19-18-27)44-30-9-3-2-4-10-30/h2-7,9-19,22,25,33,35-36,39,41-42H,8,20-21,23-24H2,1H3,(H,38,43)/t25?,33-,35-,36?/m0/s1. The monoisotopic (exact) mass is 605 g/mol. The van der Waals surface area contributed by atoms with Gasteiger partial charge >= 0.3 is 0 Å². The highest BCUT2D eigenvalue weighted by Gasteiger charge is 2.48. The Morgan fingerprint density at radius 1 is 1.07 bits per heavy atom. The number of hydroxylamine groups is 2. The smallest absolute Gasteiger partial charge is 0.240 e. The molecular weight excluding hydrogens is 566 g/mol. The van der Waals surface area contributed by atoms with Crippen molar-refractivity contribution in [1.29, 1.82) is 0 Å². The fourth-order valence-corrected chi connectivity index (χ4v) is 6.09. The van der Waals surface area contributed by atoms with E-state index in [9.17, 15) is 15.0 Å². The number of hydrogen-bond acceptors (Lipinski definition) is 6. The number of aliphatic hydroxyl groups excluding tert-OH is 2. The minimum Gasteiger partial charge on any atom is -0.457 e. The molecule has 0 radical (unpaired) electrons. The molecule has 1 amide bonds. The van der Waals surface area contributed by atoms with Crippen molar-refractivity contribution in [2.45, 2.75) is 44.6 Å². The van der Waals surface area contributed by atoms with Crippen molar-refractivity contribution >= 4 is 22.4 Å². The van der Waals surface area contributed by atoms with Gasteiger partial charge in [-0.15, -0.1) is 0 Å². The highest BCUT2D eigenvalue weighted by molar-refractivity contribution is 5.84. The number of para-hydroxylation sites is 2. The first-order chi connectivity index (χ1) is 22.0. The summed E-state index contributed by atoms with van der Waals surface area (Å²) >= 11 is 0. The molecule has 232 valence electrons. The molecule has 2 aliphatic rings. The van der Waals surface area contributed by atoms with Gasteiger partial charge in [-0.3, -0.25) is 9.63 Å². The fraction of sp³-hybridized carbons (Fsp3) is 0.270. The minimum atomic E-state index is -0.852. The molecule has 6 rings (SSSR count). The van der Waals surface area contributed by atoms with Crippen LogP contribution in [0.25, 0.3) is 16.5 Å². The molecule has 2 heterocycles. The Hall–Kier alpha value is -4.47. The van der Waals surface area contributed by atoms with E-state index in [4.69, 9.17) is 9.57 Å². The summed E-state index contributed by atoms with van der Waals surface area (Å²) < 4.78 is 5.99. The SMILES string of the molecule is CC(O)C1ON(Cc2ccc(C3=CC=C(Oc4ccccc4)C=CC3)cc2)[C@H](C(=O)NCCc2c[nH]c3ccccc23)[C@@H]1CO. The van der Waals surface area contributed by atoms with Crippen molar-refractivity contribution in [3.8, 4) is 5.75 Å². The van der Waals surface area contributed by atoms with Crippen LogP contribution in [0.1, 0.15) is 30.0 Å². The number of nitrogens with zero attached hydrogens (tertiary/aromatic N) is 1. The first-order valence-electron chi connectivity index (χ1n) is 15.4. The number of carbonyl (C=O) groups excluding carboxylic acids is 1. The van der Waals surface area contributed by atoms with Crippen LogP contribution in [-0.2, 0) is 22.6 Å². The zero-order chi connectivity index (χ0) is 31.2. The summed E-state index contributed by atoms with van der Waals surface area (Å²) in [6.07, 6.45) is 9.98. The lowest BCUT2D eigenvalue weighted by atomic mass is 9.92. The third-order valence-electron chi connectivity index (χ3n) is 8.43. The van der Waals surface area contributed by atoms with Gasteiger partial charge in [0.1, 0.15) is 23.7 Å². The molecule has 2 unspecified atom stereocenters. The van der Waals surface area contributed by atoms with Crippen LogP contribution >= 0.6 is 0 Å². The predicted octanol–water partition coefficient (Wildman–Crippen LogP) is 5.31. The molecule has 1 aromatic heterocycles. The number of H-pyrrole nitrogens is 1. The van der Waals surface area contributed by atoms with Crippen LogP contribution in [-0.4, -0.2) is 57.6 Å². The Morgan fingerprint density at radius 3 is 2.62 bits per heavy atom. The Labute approximate surface area is 263 Å². The van der Waals surface area contributed by atoms with Gasteiger partial charge in [0.25, 0.3) is 0 Å². The maximum absolute atomic E-state index is 13.5. The lowest BCUT2D eigenvalue weighted by Crippen LogP contribution is -2.48. The molecule has 1 aliphatic carbocycles. The largest absolute Gasteiger partial charge is 0.457 e. The Balaban J connectivity index is 1.12. The number of aromatic amines is 1. The summed E-state index contributed by atoms with van der Waals surface area (Å²) in [5, 5.41) is 26.5. The number of hydrogen-bond donors (Lipinski definition) is 4. The molecule has 0 bridgehead atoms. The summed E-state index contributed by atoms with van der Waals surface area (Å²) in [7, 11) is 0. The lowest BCUT2D eigenvalue weighted by molar-refractivity contribution is -0.192. The van der Waals surface area contributed by atoms with Gasteiger partial charge in [0.15, 0.2) is 0 Å². The minimum absolute atomic E-state index is 0.232. The Kier molecular flexibility index (Phi) is 9.57. The van der Waals surface area contributed by atoms with Crippen molar-refractivity contribution in [3.05, 3.63) is 132 Å². The molecule has 1 fully saturated rings. The molecule has 4 N–H and O–H groups in total.